The number of thiophene rings is 1. The summed E-state index contributed by atoms with van der Waals surface area (Å²) >= 11 is 1.89. The number of nitrogens with zero attached hydrogens (tertiary/aromatic N) is 3. The second-order valence-electron chi connectivity index (χ2n) is 13.8. The number of hydrogen-bond donors (Lipinski definition) is 0. The molecular formula is C49H37N3S. The Balaban J connectivity index is 1.15. The molecule has 3 aromatic heterocycles. The second kappa shape index (κ2) is 13.1. The maximum atomic E-state index is 5.28. The molecule has 1 aliphatic heterocycles. The lowest BCUT2D eigenvalue weighted by Gasteiger charge is -2.37. The molecule has 3 nitrogen and oxygen atoms in total. The molecule has 4 heterocycles. The molecule has 254 valence electrons. The summed E-state index contributed by atoms with van der Waals surface area (Å²) in [6.45, 7) is 2.07. The molecule has 0 N–H and O–H groups in total. The van der Waals surface area contributed by atoms with Gasteiger partial charge in [-0.1, -0.05) is 127 Å². The van der Waals surface area contributed by atoms with E-state index in [1.54, 1.807) is 0 Å². The molecule has 53 heavy (non-hydrogen) atoms. The van der Waals surface area contributed by atoms with Gasteiger partial charge in [0.15, 0.2) is 0 Å². The molecular weight excluding hydrogens is 663 g/mol. The van der Waals surface area contributed by atoms with Crippen LogP contribution in [-0.2, 0) is 6.42 Å². The van der Waals surface area contributed by atoms with E-state index in [1.165, 1.54) is 70.0 Å². The monoisotopic (exact) mass is 699 g/mol. The van der Waals surface area contributed by atoms with Crippen LogP contribution in [-0.4, -0.2) is 15.6 Å². The molecule has 1 unspecified atom stereocenters. The van der Waals surface area contributed by atoms with Crippen LogP contribution in [0.3, 0.4) is 0 Å². The van der Waals surface area contributed by atoms with Crippen LogP contribution in [0.1, 0.15) is 18.9 Å². The Labute approximate surface area is 313 Å². The van der Waals surface area contributed by atoms with E-state index in [0.29, 0.717) is 0 Å². The van der Waals surface area contributed by atoms with Crippen molar-refractivity contribution in [3.63, 3.8) is 0 Å². The average molecular weight is 700 g/mol. The molecule has 0 bridgehead atoms. The number of rotatable bonds is 6. The summed E-state index contributed by atoms with van der Waals surface area (Å²) in [6, 6.07) is 55.2. The molecule has 0 saturated carbocycles. The minimum Gasteiger partial charge on any atom is -0.319 e. The zero-order chi connectivity index (χ0) is 35.3. The molecule has 0 fully saturated rings. The first-order valence-electron chi connectivity index (χ1n) is 18.4. The average Bonchev–Trinajstić information content (AvgIpc) is 3.77. The summed E-state index contributed by atoms with van der Waals surface area (Å²) < 4.78 is 5.13. The fourth-order valence-corrected chi connectivity index (χ4v) is 9.61. The first-order chi connectivity index (χ1) is 26.3. The van der Waals surface area contributed by atoms with E-state index >= 15 is 0 Å². The smallest absolute Gasteiger partial charge is 0.134 e. The maximum absolute atomic E-state index is 5.28. The van der Waals surface area contributed by atoms with Gasteiger partial charge < -0.3 is 9.47 Å². The number of aryl methyl sites for hydroxylation is 1. The molecule has 10 rings (SSSR count). The SMILES string of the molecule is C/C=C\C=C/C1CCc2c(ccc3c2c2ccccc2n3-c2cccc(-c3cccc4c3sc3ccccc34)c2)N1c1cccc(-c2ccccc2)n1. The van der Waals surface area contributed by atoms with Crippen LogP contribution in [0.2, 0.25) is 0 Å². The predicted molar refractivity (Wildman–Crippen MR) is 227 cm³/mol. The number of pyridine rings is 1. The Morgan fingerprint density at radius 1 is 0.660 bits per heavy atom. The van der Waals surface area contributed by atoms with Gasteiger partial charge in [0.2, 0.25) is 0 Å². The Morgan fingerprint density at radius 2 is 1.43 bits per heavy atom. The van der Waals surface area contributed by atoms with Crippen molar-refractivity contribution in [3.8, 4) is 28.1 Å². The molecule has 0 amide bonds. The first-order valence-corrected chi connectivity index (χ1v) is 19.3. The third-order valence-electron chi connectivity index (χ3n) is 10.7. The first kappa shape index (κ1) is 31.5. The molecule has 6 aromatic carbocycles. The standard InChI is InChI=1S/C49H37N3S/c1-2-3-5-18-35-28-29-41-44(52(35)47-27-14-24-42(50-47)33-15-6-4-7-16-33)30-31-45-48(41)40-21-8-10-25-43(40)51(45)36-19-12-17-34(32-36)37-22-13-23-39-38-20-9-11-26-46(38)53-49(37)39/h2-27,30-32,35H,28-29H2,1H3/b3-2-,18-5-. The number of hydrogen-bond acceptors (Lipinski definition) is 3. The summed E-state index contributed by atoms with van der Waals surface area (Å²) in [5.74, 6) is 0.966. The second-order valence-corrected chi connectivity index (χ2v) is 14.8. The lowest BCUT2D eigenvalue weighted by molar-refractivity contribution is 0.664. The summed E-state index contributed by atoms with van der Waals surface area (Å²) in [7, 11) is 0. The van der Waals surface area contributed by atoms with Crippen LogP contribution in [0.15, 0.2) is 176 Å². The maximum Gasteiger partial charge on any atom is 0.134 e. The number of aromatic nitrogens is 2. The van der Waals surface area contributed by atoms with Gasteiger partial charge in [0.05, 0.1) is 22.8 Å². The third-order valence-corrected chi connectivity index (χ3v) is 11.9. The summed E-state index contributed by atoms with van der Waals surface area (Å²) in [4.78, 5) is 7.74. The number of benzene rings is 6. The highest BCUT2D eigenvalue weighted by Gasteiger charge is 2.30. The van der Waals surface area contributed by atoms with Crippen molar-refractivity contribution in [2.75, 3.05) is 4.90 Å². The van der Waals surface area contributed by atoms with E-state index in [1.807, 2.05) is 11.3 Å². The van der Waals surface area contributed by atoms with Crippen LogP contribution in [0.5, 0.6) is 0 Å². The van der Waals surface area contributed by atoms with Crippen LogP contribution in [0.25, 0.3) is 70.0 Å². The molecule has 9 aromatic rings. The number of allylic oxidation sites excluding steroid dienone is 3. The van der Waals surface area contributed by atoms with E-state index < -0.39 is 0 Å². The van der Waals surface area contributed by atoms with E-state index in [4.69, 9.17) is 4.98 Å². The van der Waals surface area contributed by atoms with Gasteiger partial charge in [0, 0.05) is 47.9 Å². The Hall–Kier alpha value is -6.23. The minimum atomic E-state index is 0.177. The predicted octanol–water partition coefficient (Wildman–Crippen LogP) is 13.5. The fraction of sp³-hybridized carbons (Fsp3) is 0.0816. The van der Waals surface area contributed by atoms with Crippen molar-refractivity contribution in [3.05, 3.63) is 182 Å². The lowest BCUT2D eigenvalue weighted by atomic mass is 9.91. The molecule has 0 saturated heterocycles. The van der Waals surface area contributed by atoms with Gasteiger partial charge in [-0.25, -0.2) is 4.98 Å². The Bertz CT molecular complexity index is 2870. The van der Waals surface area contributed by atoms with E-state index in [0.717, 1.165) is 29.9 Å². The number of fused-ring (bicyclic) bond motifs is 8. The van der Waals surface area contributed by atoms with Gasteiger partial charge in [0.25, 0.3) is 0 Å². The highest BCUT2D eigenvalue weighted by Crippen LogP contribution is 2.45. The van der Waals surface area contributed by atoms with E-state index in [2.05, 4.69) is 192 Å². The lowest BCUT2D eigenvalue weighted by Crippen LogP contribution is -2.35. The van der Waals surface area contributed by atoms with Crippen LogP contribution >= 0.6 is 11.3 Å². The van der Waals surface area contributed by atoms with Crippen molar-refractivity contribution in [1.82, 2.24) is 9.55 Å². The van der Waals surface area contributed by atoms with Gasteiger partial charge in [-0.05, 0) is 85.0 Å². The minimum absolute atomic E-state index is 0.177. The van der Waals surface area contributed by atoms with Gasteiger partial charge in [0.1, 0.15) is 5.82 Å². The number of para-hydroxylation sites is 1. The largest absolute Gasteiger partial charge is 0.319 e. The van der Waals surface area contributed by atoms with Crippen LogP contribution < -0.4 is 4.90 Å². The van der Waals surface area contributed by atoms with Crippen molar-refractivity contribution in [1.29, 1.82) is 0 Å². The molecule has 1 atom stereocenters. The van der Waals surface area contributed by atoms with Crippen molar-refractivity contribution in [2.45, 2.75) is 25.8 Å². The van der Waals surface area contributed by atoms with Gasteiger partial charge in [-0.15, -0.1) is 11.3 Å². The van der Waals surface area contributed by atoms with Gasteiger partial charge in [-0.2, -0.15) is 0 Å². The third kappa shape index (κ3) is 5.29. The molecule has 1 aliphatic rings. The van der Waals surface area contributed by atoms with Crippen LogP contribution in [0, 0.1) is 0 Å². The van der Waals surface area contributed by atoms with Crippen molar-refractivity contribution in [2.24, 2.45) is 0 Å². The zero-order valence-corrected chi connectivity index (χ0v) is 30.3. The van der Waals surface area contributed by atoms with Gasteiger partial charge in [-0.3, -0.25) is 0 Å². The summed E-state index contributed by atoms with van der Waals surface area (Å²) in [5.41, 5.74) is 10.8. The summed E-state index contributed by atoms with van der Waals surface area (Å²) in [6.07, 6.45) is 10.7. The van der Waals surface area contributed by atoms with Crippen LogP contribution in [0.4, 0.5) is 11.5 Å². The van der Waals surface area contributed by atoms with Crippen molar-refractivity contribution >= 4 is 64.8 Å². The van der Waals surface area contributed by atoms with E-state index in [9.17, 15) is 0 Å². The fourth-order valence-electron chi connectivity index (χ4n) is 8.37. The molecule has 0 spiro atoms. The molecule has 0 radical (unpaired) electrons. The van der Waals surface area contributed by atoms with Gasteiger partial charge >= 0.3 is 0 Å². The van der Waals surface area contributed by atoms with Crippen molar-refractivity contribution < 1.29 is 0 Å². The highest BCUT2D eigenvalue weighted by molar-refractivity contribution is 7.26. The normalized spacial score (nSPS) is 14.7. The topological polar surface area (TPSA) is 21.1 Å². The van der Waals surface area contributed by atoms with E-state index in [-0.39, 0.29) is 6.04 Å². The number of anilines is 2. The summed E-state index contributed by atoms with van der Waals surface area (Å²) in [5, 5.41) is 5.26. The zero-order valence-electron chi connectivity index (χ0n) is 29.5. The Morgan fingerprint density at radius 3 is 2.34 bits per heavy atom. The molecule has 0 aliphatic carbocycles. The molecule has 4 heteroatoms. The quantitative estimate of drug-likeness (QED) is 0.161. The Kier molecular flexibility index (Phi) is 7.77. The highest BCUT2D eigenvalue weighted by atomic mass is 32.1.